The summed E-state index contributed by atoms with van der Waals surface area (Å²) in [5.41, 5.74) is 0.127. The minimum atomic E-state index is -0.698. The van der Waals surface area contributed by atoms with E-state index in [-0.39, 0.29) is 23.7 Å². The SMILES string of the molecule is N#Cc1c(F)cc(CO)c2c1OCCCO2. The fourth-order valence-corrected chi connectivity index (χ4v) is 1.58. The monoisotopic (exact) mass is 223 g/mol. The Labute approximate surface area is 91.8 Å². The molecule has 0 amide bonds. The molecule has 1 aliphatic rings. The first-order valence-electron chi connectivity index (χ1n) is 4.90. The molecule has 1 aromatic carbocycles. The van der Waals surface area contributed by atoms with Gasteiger partial charge >= 0.3 is 0 Å². The van der Waals surface area contributed by atoms with Crippen LogP contribution in [0.25, 0.3) is 0 Å². The van der Waals surface area contributed by atoms with E-state index in [0.29, 0.717) is 25.2 Å². The van der Waals surface area contributed by atoms with E-state index in [4.69, 9.17) is 19.8 Å². The molecule has 0 unspecified atom stereocenters. The molecule has 5 heteroatoms. The van der Waals surface area contributed by atoms with Crippen LogP contribution in [0, 0.1) is 17.1 Å². The van der Waals surface area contributed by atoms with Gasteiger partial charge in [0.2, 0.25) is 0 Å². The van der Waals surface area contributed by atoms with Crippen molar-refractivity contribution in [2.75, 3.05) is 13.2 Å². The van der Waals surface area contributed by atoms with Crippen molar-refractivity contribution >= 4 is 0 Å². The van der Waals surface area contributed by atoms with Gasteiger partial charge in [-0.25, -0.2) is 4.39 Å². The third-order valence-electron chi connectivity index (χ3n) is 2.33. The average molecular weight is 223 g/mol. The molecule has 1 N–H and O–H groups in total. The maximum Gasteiger partial charge on any atom is 0.182 e. The van der Waals surface area contributed by atoms with Crippen molar-refractivity contribution in [2.24, 2.45) is 0 Å². The topological polar surface area (TPSA) is 62.5 Å². The van der Waals surface area contributed by atoms with E-state index < -0.39 is 5.82 Å². The van der Waals surface area contributed by atoms with Gasteiger partial charge in [-0.15, -0.1) is 0 Å². The highest BCUT2D eigenvalue weighted by molar-refractivity contribution is 5.57. The van der Waals surface area contributed by atoms with E-state index >= 15 is 0 Å². The maximum atomic E-state index is 13.5. The lowest BCUT2D eigenvalue weighted by Gasteiger charge is -2.12. The van der Waals surface area contributed by atoms with Crippen LogP contribution < -0.4 is 9.47 Å². The van der Waals surface area contributed by atoms with Crippen LogP contribution in [0.15, 0.2) is 6.07 Å². The first-order chi connectivity index (χ1) is 7.77. The highest BCUT2D eigenvalue weighted by Gasteiger charge is 2.22. The van der Waals surface area contributed by atoms with Crippen LogP contribution in [-0.2, 0) is 6.61 Å². The lowest BCUT2D eigenvalue weighted by molar-refractivity contribution is 0.263. The molecule has 0 bridgehead atoms. The van der Waals surface area contributed by atoms with Crippen molar-refractivity contribution in [3.05, 3.63) is 23.0 Å². The molecule has 0 fully saturated rings. The minimum Gasteiger partial charge on any atom is -0.489 e. The van der Waals surface area contributed by atoms with Crippen LogP contribution in [0.2, 0.25) is 0 Å². The van der Waals surface area contributed by atoms with Crippen LogP contribution in [-0.4, -0.2) is 18.3 Å². The first kappa shape index (κ1) is 10.7. The number of aliphatic hydroxyl groups excluding tert-OH is 1. The lowest BCUT2D eigenvalue weighted by Crippen LogP contribution is -2.01. The summed E-state index contributed by atoms with van der Waals surface area (Å²) in [6, 6.07) is 2.84. The van der Waals surface area contributed by atoms with Crippen LogP contribution in [0.4, 0.5) is 4.39 Å². The molecule has 0 saturated carbocycles. The van der Waals surface area contributed by atoms with Crippen LogP contribution >= 0.6 is 0 Å². The molecule has 16 heavy (non-hydrogen) atoms. The normalized spacial score (nSPS) is 14.1. The number of halogens is 1. The van der Waals surface area contributed by atoms with Crippen LogP contribution in [0.1, 0.15) is 17.5 Å². The number of fused-ring (bicyclic) bond motifs is 1. The van der Waals surface area contributed by atoms with E-state index in [1.54, 1.807) is 6.07 Å². The predicted molar refractivity (Wildman–Crippen MR) is 52.6 cm³/mol. The van der Waals surface area contributed by atoms with Crippen LogP contribution in [0.3, 0.4) is 0 Å². The molecule has 0 aliphatic carbocycles. The fraction of sp³-hybridized carbons (Fsp3) is 0.364. The summed E-state index contributed by atoms with van der Waals surface area (Å²) in [5.74, 6) is -0.321. The second-order valence-corrected chi connectivity index (χ2v) is 3.37. The van der Waals surface area contributed by atoms with Gasteiger partial charge in [-0.3, -0.25) is 0 Å². The standard InChI is InChI=1S/C11H10FNO3/c12-9-4-7(6-14)10-11(8(9)5-13)16-3-1-2-15-10/h4,14H,1-3,6H2. The van der Waals surface area contributed by atoms with E-state index in [0.717, 1.165) is 6.07 Å². The largest absolute Gasteiger partial charge is 0.489 e. The molecule has 0 atom stereocenters. The molecular weight excluding hydrogens is 213 g/mol. The van der Waals surface area contributed by atoms with Crippen molar-refractivity contribution in [3.63, 3.8) is 0 Å². The number of rotatable bonds is 1. The first-order valence-corrected chi connectivity index (χ1v) is 4.90. The summed E-state index contributed by atoms with van der Waals surface area (Å²) < 4.78 is 24.1. The predicted octanol–water partition coefficient (Wildman–Crippen LogP) is 1.35. The molecule has 0 radical (unpaired) electrons. The Morgan fingerprint density at radius 3 is 2.69 bits per heavy atom. The second-order valence-electron chi connectivity index (χ2n) is 3.37. The summed E-state index contributed by atoms with van der Waals surface area (Å²) in [6.45, 7) is 0.445. The third-order valence-corrected chi connectivity index (χ3v) is 2.33. The Kier molecular flexibility index (Phi) is 2.93. The van der Waals surface area contributed by atoms with E-state index in [9.17, 15) is 4.39 Å². The molecule has 84 valence electrons. The zero-order valence-electron chi connectivity index (χ0n) is 8.49. The van der Waals surface area contributed by atoms with Gasteiger partial charge in [-0.05, 0) is 6.07 Å². The Hall–Kier alpha value is -1.80. The number of nitrogens with zero attached hydrogens (tertiary/aromatic N) is 1. The molecule has 0 saturated heterocycles. The van der Waals surface area contributed by atoms with Crippen molar-refractivity contribution in [2.45, 2.75) is 13.0 Å². The Balaban J connectivity index is 2.64. The smallest absolute Gasteiger partial charge is 0.182 e. The van der Waals surface area contributed by atoms with Gasteiger partial charge < -0.3 is 14.6 Å². The zero-order valence-corrected chi connectivity index (χ0v) is 8.49. The molecular formula is C11H10FNO3. The number of aliphatic hydroxyl groups is 1. The Morgan fingerprint density at radius 2 is 2.06 bits per heavy atom. The van der Waals surface area contributed by atoms with Gasteiger partial charge in [0, 0.05) is 12.0 Å². The molecule has 1 aliphatic heterocycles. The van der Waals surface area contributed by atoms with E-state index in [2.05, 4.69) is 0 Å². The number of ether oxygens (including phenoxy) is 2. The minimum absolute atomic E-state index is 0.101. The summed E-state index contributed by atoms with van der Waals surface area (Å²) in [4.78, 5) is 0. The molecule has 4 nitrogen and oxygen atoms in total. The van der Waals surface area contributed by atoms with Gasteiger partial charge in [0.05, 0.1) is 19.8 Å². The van der Waals surface area contributed by atoms with Crippen molar-refractivity contribution in [1.82, 2.24) is 0 Å². The molecule has 1 aromatic rings. The van der Waals surface area contributed by atoms with Crippen molar-refractivity contribution < 1.29 is 19.0 Å². The molecule has 0 spiro atoms. The number of hydrogen-bond donors (Lipinski definition) is 1. The zero-order chi connectivity index (χ0) is 11.5. The average Bonchev–Trinajstić information content (AvgIpc) is 2.53. The molecule has 2 rings (SSSR count). The molecule has 1 heterocycles. The highest BCUT2D eigenvalue weighted by Crippen LogP contribution is 2.38. The van der Waals surface area contributed by atoms with Crippen molar-refractivity contribution in [3.8, 4) is 17.6 Å². The number of nitriles is 1. The summed E-state index contributed by atoms with van der Waals surface area (Å²) in [7, 11) is 0. The highest BCUT2D eigenvalue weighted by atomic mass is 19.1. The van der Waals surface area contributed by atoms with Gasteiger partial charge in [-0.1, -0.05) is 0 Å². The Morgan fingerprint density at radius 1 is 1.38 bits per heavy atom. The Bertz CT molecular complexity index is 454. The lowest BCUT2D eigenvalue weighted by atomic mass is 10.1. The van der Waals surface area contributed by atoms with Gasteiger partial charge in [0.25, 0.3) is 0 Å². The number of benzene rings is 1. The van der Waals surface area contributed by atoms with E-state index in [1.807, 2.05) is 0 Å². The third kappa shape index (κ3) is 1.68. The van der Waals surface area contributed by atoms with Gasteiger partial charge in [0.1, 0.15) is 17.4 Å². The quantitative estimate of drug-likeness (QED) is 0.780. The second kappa shape index (κ2) is 4.37. The summed E-state index contributed by atoms with van der Waals surface area (Å²) in [6.07, 6.45) is 0.659. The summed E-state index contributed by atoms with van der Waals surface area (Å²) in [5, 5.41) is 17.9. The summed E-state index contributed by atoms with van der Waals surface area (Å²) >= 11 is 0. The van der Waals surface area contributed by atoms with Crippen LogP contribution in [0.5, 0.6) is 11.5 Å². The maximum absolute atomic E-state index is 13.5. The van der Waals surface area contributed by atoms with Gasteiger partial charge in [-0.2, -0.15) is 5.26 Å². The van der Waals surface area contributed by atoms with Crippen molar-refractivity contribution in [1.29, 1.82) is 5.26 Å². The van der Waals surface area contributed by atoms with E-state index in [1.165, 1.54) is 0 Å². The number of hydrogen-bond acceptors (Lipinski definition) is 4. The van der Waals surface area contributed by atoms with Gasteiger partial charge in [0.15, 0.2) is 11.5 Å². The fourth-order valence-electron chi connectivity index (χ4n) is 1.58. The molecule has 0 aromatic heterocycles.